The number of rotatable bonds is 3. The van der Waals surface area contributed by atoms with Gasteiger partial charge in [-0.05, 0) is 43.0 Å². The van der Waals surface area contributed by atoms with Crippen molar-refractivity contribution in [1.29, 1.82) is 0 Å². The van der Waals surface area contributed by atoms with Gasteiger partial charge in [-0.25, -0.2) is 4.39 Å². The van der Waals surface area contributed by atoms with E-state index in [2.05, 4.69) is 5.43 Å². The van der Waals surface area contributed by atoms with Gasteiger partial charge < -0.3 is 4.74 Å². The zero-order valence-electron chi connectivity index (χ0n) is 9.90. The molecule has 2 heterocycles. The molecule has 5 heteroatoms. The van der Waals surface area contributed by atoms with Crippen LogP contribution in [-0.4, -0.2) is 12.2 Å². The lowest BCUT2D eigenvalue weighted by Gasteiger charge is -2.28. The Hall–Kier alpha value is -0.680. The number of fused-ring (bicyclic) bond motifs is 2. The highest BCUT2D eigenvalue weighted by Crippen LogP contribution is 2.45. The van der Waals surface area contributed by atoms with Gasteiger partial charge in [-0.1, -0.05) is 11.6 Å². The predicted octanol–water partition coefficient (Wildman–Crippen LogP) is 2.55. The largest absolute Gasteiger partial charge is 0.375 e. The monoisotopic (exact) mass is 270 g/mol. The van der Waals surface area contributed by atoms with Crippen molar-refractivity contribution >= 4 is 11.6 Å². The van der Waals surface area contributed by atoms with Gasteiger partial charge in [0.1, 0.15) is 5.82 Å². The van der Waals surface area contributed by atoms with Crippen LogP contribution in [0.1, 0.15) is 30.9 Å². The van der Waals surface area contributed by atoms with E-state index in [1.807, 2.05) is 0 Å². The summed E-state index contributed by atoms with van der Waals surface area (Å²) in [6, 6.07) is 4.24. The Morgan fingerprint density at radius 1 is 1.44 bits per heavy atom. The van der Waals surface area contributed by atoms with Crippen LogP contribution in [0.25, 0.3) is 0 Å². The Morgan fingerprint density at radius 2 is 2.28 bits per heavy atom. The summed E-state index contributed by atoms with van der Waals surface area (Å²) in [5.41, 5.74) is 3.50. The van der Waals surface area contributed by atoms with Crippen molar-refractivity contribution in [2.75, 3.05) is 0 Å². The molecule has 0 saturated carbocycles. The Balaban J connectivity index is 1.90. The topological polar surface area (TPSA) is 47.3 Å². The van der Waals surface area contributed by atoms with Crippen LogP contribution in [0.5, 0.6) is 0 Å². The number of nitrogens with two attached hydrogens (primary N) is 1. The summed E-state index contributed by atoms with van der Waals surface area (Å²) in [5.74, 6) is 5.63. The Morgan fingerprint density at radius 3 is 2.89 bits per heavy atom. The molecule has 3 rings (SSSR count). The van der Waals surface area contributed by atoms with E-state index in [-0.39, 0.29) is 23.9 Å². The second kappa shape index (κ2) is 4.78. The molecule has 2 aliphatic rings. The van der Waals surface area contributed by atoms with Crippen molar-refractivity contribution in [2.45, 2.75) is 37.5 Å². The molecule has 2 bridgehead atoms. The molecule has 4 atom stereocenters. The minimum Gasteiger partial charge on any atom is -0.375 e. The molecule has 18 heavy (non-hydrogen) atoms. The third kappa shape index (κ3) is 2.03. The van der Waals surface area contributed by atoms with E-state index in [9.17, 15) is 4.39 Å². The lowest BCUT2D eigenvalue weighted by Crippen LogP contribution is -2.37. The number of hydrogen-bond acceptors (Lipinski definition) is 3. The molecule has 2 saturated heterocycles. The molecule has 0 amide bonds. The fourth-order valence-electron chi connectivity index (χ4n) is 3.22. The first-order valence-electron chi connectivity index (χ1n) is 6.25. The van der Waals surface area contributed by atoms with E-state index < -0.39 is 0 Å². The average Bonchev–Trinajstić information content (AvgIpc) is 2.97. The van der Waals surface area contributed by atoms with Crippen molar-refractivity contribution in [1.82, 2.24) is 5.43 Å². The van der Waals surface area contributed by atoms with E-state index in [0.717, 1.165) is 24.8 Å². The van der Waals surface area contributed by atoms with Crippen molar-refractivity contribution in [3.05, 3.63) is 34.6 Å². The van der Waals surface area contributed by atoms with Gasteiger partial charge in [-0.2, -0.15) is 0 Å². The third-order valence-electron chi connectivity index (χ3n) is 4.05. The minimum absolute atomic E-state index is 0.150. The fraction of sp³-hybridized carbons (Fsp3) is 0.538. The number of benzene rings is 1. The maximum atomic E-state index is 13.4. The first-order valence-corrected chi connectivity index (χ1v) is 6.63. The van der Waals surface area contributed by atoms with Gasteiger partial charge in [-0.15, -0.1) is 0 Å². The van der Waals surface area contributed by atoms with Crippen LogP contribution < -0.4 is 11.3 Å². The lowest BCUT2D eigenvalue weighted by atomic mass is 9.81. The molecular formula is C13H16ClFN2O. The molecule has 0 aliphatic carbocycles. The molecule has 2 fully saturated rings. The zero-order chi connectivity index (χ0) is 12.7. The van der Waals surface area contributed by atoms with Gasteiger partial charge in [-0.3, -0.25) is 11.3 Å². The minimum atomic E-state index is -0.293. The van der Waals surface area contributed by atoms with Gasteiger partial charge in [0.15, 0.2) is 0 Å². The zero-order valence-corrected chi connectivity index (χ0v) is 10.7. The third-order valence-corrected chi connectivity index (χ3v) is 4.40. The molecule has 1 aromatic carbocycles. The molecule has 2 aliphatic heterocycles. The first kappa shape index (κ1) is 12.4. The molecular weight excluding hydrogens is 255 g/mol. The standard InChI is InChI=1S/C13H16ClFN2O/c14-11-3-1-7(15)5-9(11)13(17-16)10-6-8-2-4-12(10)18-8/h1,3,5,8,10,12-13,17H,2,4,6,16H2. The van der Waals surface area contributed by atoms with E-state index >= 15 is 0 Å². The number of hydrazine groups is 1. The molecule has 3 nitrogen and oxygen atoms in total. The van der Waals surface area contributed by atoms with Crippen LogP contribution in [0.15, 0.2) is 18.2 Å². The molecule has 3 N–H and O–H groups in total. The van der Waals surface area contributed by atoms with Crippen LogP contribution in [0.2, 0.25) is 5.02 Å². The number of hydrogen-bond donors (Lipinski definition) is 2. The van der Waals surface area contributed by atoms with Crippen LogP contribution >= 0.6 is 11.6 Å². The first-order chi connectivity index (χ1) is 8.69. The normalized spacial score (nSPS) is 31.8. The van der Waals surface area contributed by atoms with Gasteiger partial charge in [0.25, 0.3) is 0 Å². The van der Waals surface area contributed by atoms with Crippen LogP contribution in [0, 0.1) is 11.7 Å². The van der Waals surface area contributed by atoms with Gasteiger partial charge in [0.2, 0.25) is 0 Å². The summed E-state index contributed by atoms with van der Waals surface area (Å²) in [5, 5.41) is 0.544. The highest BCUT2D eigenvalue weighted by Gasteiger charge is 2.44. The summed E-state index contributed by atoms with van der Waals surface area (Å²) < 4.78 is 19.2. The summed E-state index contributed by atoms with van der Waals surface area (Å²) in [6.45, 7) is 0. The van der Waals surface area contributed by atoms with Crippen LogP contribution in [-0.2, 0) is 4.74 Å². The predicted molar refractivity (Wildman–Crippen MR) is 67.5 cm³/mol. The lowest BCUT2D eigenvalue weighted by molar-refractivity contribution is 0.0856. The molecule has 0 spiro atoms. The number of halogens is 2. The van der Waals surface area contributed by atoms with Gasteiger partial charge >= 0.3 is 0 Å². The summed E-state index contributed by atoms with van der Waals surface area (Å²) >= 11 is 6.15. The maximum absolute atomic E-state index is 13.4. The second-order valence-corrected chi connectivity index (χ2v) is 5.49. The van der Waals surface area contributed by atoms with E-state index in [0.29, 0.717) is 11.1 Å². The highest BCUT2D eigenvalue weighted by atomic mass is 35.5. The molecule has 4 unspecified atom stereocenters. The van der Waals surface area contributed by atoms with Gasteiger partial charge in [0, 0.05) is 10.9 Å². The summed E-state index contributed by atoms with van der Waals surface area (Å²) in [6.07, 6.45) is 3.70. The molecule has 0 aromatic heterocycles. The summed E-state index contributed by atoms with van der Waals surface area (Å²) in [4.78, 5) is 0. The fourth-order valence-corrected chi connectivity index (χ4v) is 3.46. The van der Waals surface area contributed by atoms with E-state index in [1.54, 1.807) is 6.07 Å². The van der Waals surface area contributed by atoms with E-state index in [4.69, 9.17) is 22.2 Å². The number of ether oxygens (including phenoxy) is 1. The van der Waals surface area contributed by atoms with Crippen molar-refractivity contribution in [3.63, 3.8) is 0 Å². The Labute approximate surface area is 110 Å². The average molecular weight is 271 g/mol. The quantitative estimate of drug-likeness (QED) is 0.655. The van der Waals surface area contributed by atoms with Crippen molar-refractivity contribution in [3.8, 4) is 0 Å². The SMILES string of the molecule is NNC(c1cc(F)ccc1Cl)C1CC2CCC1O2. The van der Waals surface area contributed by atoms with Crippen molar-refractivity contribution in [2.24, 2.45) is 11.8 Å². The molecule has 0 radical (unpaired) electrons. The highest BCUT2D eigenvalue weighted by molar-refractivity contribution is 6.31. The van der Waals surface area contributed by atoms with Crippen molar-refractivity contribution < 1.29 is 9.13 Å². The molecule has 1 aromatic rings. The van der Waals surface area contributed by atoms with Crippen LogP contribution in [0.3, 0.4) is 0 Å². The van der Waals surface area contributed by atoms with E-state index in [1.165, 1.54) is 12.1 Å². The smallest absolute Gasteiger partial charge is 0.123 e. The van der Waals surface area contributed by atoms with Crippen LogP contribution in [0.4, 0.5) is 4.39 Å². The number of nitrogens with one attached hydrogen (secondary N) is 1. The second-order valence-electron chi connectivity index (χ2n) is 5.08. The summed E-state index contributed by atoms with van der Waals surface area (Å²) in [7, 11) is 0. The molecule has 98 valence electrons. The van der Waals surface area contributed by atoms with Gasteiger partial charge in [0.05, 0.1) is 18.2 Å². The Kier molecular flexibility index (Phi) is 3.28. The maximum Gasteiger partial charge on any atom is 0.123 e. The Bertz CT molecular complexity index is 457.